The van der Waals surface area contributed by atoms with Crippen molar-refractivity contribution in [1.82, 2.24) is 0 Å². The Morgan fingerprint density at radius 1 is 1.30 bits per heavy atom. The largest absolute Gasteiger partial charge is 0.326 e. The average Bonchev–Trinajstić information content (AvgIpc) is 2.51. The Bertz CT molecular complexity index is 779. The fourth-order valence-corrected chi connectivity index (χ4v) is 4.12. The van der Waals surface area contributed by atoms with Gasteiger partial charge in [-0.25, -0.2) is 0 Å². The van der Waals surface area contributed by atoms with Crippen LogP contribution >= 0.6 is 34.4 Å². The van der Waals surface area contributed by atoms with Crippen LogP contribution in [0.3, 0.4) is 0 Å². The molecule has 4 nitrogen and oxygen atoms in total. The zero-order chi connectivity index (χ0) is 16.4. The molecule has 1 atom stereocenters. The van der Waals surface area contributed by atoms with Gasteiger partial charge in [0.2, 0.25) is 11.8 Å². The van der Waals surface area contributed by atoms with Gasteiger partial charge in [0.05, 0.1) is 10.9 Å². The van der Waals surface area contributed by atoms with E-state index in [9.17, 15) is 9.59 Å². The number of hydrogen-bond acceptors (Lipinski definition) is 3. The Kier molecular flexibility index (Phi) is 4.91. The van der Waals surface area contributed by atoms with Crippen LogP contribution in [0.2, 0.25) is 0 Å². The lowest BCUT2D eigenvalue weighted by Gasteiger charge is -2.23. The second-order valence-electron chi connectivity index (χ2n) is 5.30. The molecular formula is C17H15IN2O2S. The summed E-state index contributed by atoms with van der Waals surface area (Å²) in [6.45, 7) is 1.95. The van der Waals surface area contributed by atoms with Crippen molar-refractivity contribution < 1.29 is 9.59 Å². The van der Waals surface area contributed by atoms with Crippen LogP contribution in [0.5, 0.6) is 0 Å². The number of para-hydroxylation sites is 1. The average molecular weight is 438 g/mol. The normalized spacial score (nSPS) is 16.4. The van der Waals surface area contributed by atoms with Gasteiger partial charge in [-0.1, -0.05) is 12.1 Å². The summed E-state index contributed by atoms with van der Waals surface area (Å²) in [7, 11) is 0. The number of anilines is 2. The number of benzene rings is 2. The first-order valence-corrected chi connectivity index (χ1v) is 9.11. The molecule has 2 aromatic carbocycles. The molecule has 0 radical (unpaired) electrons. The second-order valence-corrected chi connectivity index (χ2v) is 7.79. The first-order valence-electron chi connectivity index (χ1n) is 7.15. The van der Waals surface area contributed by atoms with Gasteiger partial charge < -0.3 is 10.6 Å². The van der Waals surface area contributed by atoms with Gasteiger partial charge in [0, 0.05) is 20.6 Å². The van der Waals surface area contributed by atoms with Crippen molar-refractivity contribution in [3.05, 3.63) is 51.6 Å². The van der Waals surface area contributed by atoms with Crippen molar-refractivity contribution in [3.63, 3.8) is 0 Å². The van der Waals surface area contributed by atoms with Gasteiger partial charge in [-0.3, -0.25) is 9.59 Å². The quantitative estimate of drug-likeness (QED) is 0.712. The van der Waals surface area contributed by atoms with E-state index in [0.29, 0.717) is 0 Å². The van der Waals surface area contributed by atoms with E-state index < -0.39 is 5.25 Å². The molecule has 2 N–H and O–H groups in total. The predicted octanol–water partition coefficient (Wildman–Crippen LogP) is 4.04. The van der Waals surface area contributed by atoms with Crippen LogP contribution in [0.25, 0.3) is 0 Å². The number of carbonyl (C=O) groups is 2. The highest BCUT2D eigenvalue weighted by Crippen LogP contribution is 2.36. The van der Waals surface area contributed by atoms with Gasteiger partial charge >= 0.3 is 0 Å². The van der Waals surface area contributed by atoms with Crippen LogP contribution < -0.4 is 10.6 Å². The summed E-state index contributed by atoms with van der Waals surface area (Å²) in [6.07, 6.45) is 0.149. The highest BCUT2D eigenvalue weighted by molar-refractivity contribution is 14.1. The van der Waals surface area contributed by atoms with Crippen LogP contribution in [-0.4, -0.2) is 17.1 Å². The van der Waals surface area contributed by atoms with E-state index in [0.717, 1.165) is 25.4 Å². The fraction of sp³-hybridized carbons (Fsp3) is 0.176. The predicted molar refractivity (Wildman–Crippen MR) is 102 cm³/mol. The molecule has 118 valence electrons. The topological polar surface area (TPSA) is 58.2 Å². The Hall–Kier alpha value is -1.54. The molecule has 0 unspecified atom stereocenters. The number of hydrogen-bond donors (Lipinski definition) is 2. The van der Waals surface area contributed by atoms with E-state index >= 15 is 0 Å². The second kappa shape index (κ2) is 6.92. The zero-order valence-electron chi connectivity index (χ0n) is 12.4. The maximum atomic E-state index is 12.3. The number of fused-ring (bicyclic) bond motifs is 1. The lowest BCUT2D eigenvalue weighted by atomic mass is 10.2. The standard InChI is InChI=1S/C17H15IN2O2S/c1-10-8-11(18)6-7-12(10)19-16(21)9-15-17(22)20-13-4-2-3-5-14(13)23-15/h2-8,15H,9H2,1H3,(H,19,21)(H,20,22)/t15-/m0/s1. The van der Waals surface area contributed by atoms with E-state index in [1.54, 1.807) is 0 Å². The lowest BCUT2D eigenvalue weighted by Crippen LogP contribution is -2.32. The van der Waals surface area contributed by atoms with Crippen LogP contribution in [0.1, 0.15) is 12.0 Å². The van der Waals surface area contributed by atoms with E-state index in [1.807, 2.05) is 49.4 Å². The van der Waals surface area contributed by atoms with Crippen LogP contribution in [0.4, 0.5) is 11.4 Å². The molecule has 23 heavy (non-hydrogen) atoms. The highest BCUT2D eigenvalue weighted by Gasteiger charge is 2.28. The van der Waals surface area contributed by atoms with Crippen molar-refractivity contribution in [2.45, 2.75) is 23.5 Å². The molecular weight excluding hydrogens is 423 g/mol. The molecule has 2 aromatic rings. The highest BCUT2D eigenvalue weighted by atomic mass is 127. The Labute approximate surface area is 152 Å². The van der Waals surface area contributed by atoms with Gasteiger partial charge in [-0.2, -0.15) is 0 Å². The third-order valence-corrected chi connectivity index (χ3v) is 5.49. The van der Waals surface area contributed by atoms with E-state index in [2.05, 4.69) is 33.2 Å². The monoisotopic (exact) mass is 438 g/mol. The van der Waals surface area contributed by atoms with Crippen molar-refractivity contribution in [2.24, 2.45) is 0 Å². The van der Waals surface area contributed by atoms with E-state index in [1.165, 1.54) is 11.8 Å². The molecule has 0 aliphatic carbocycles. The molecule has 0 aromatic heterocycles. The molecule has 0 saturated carbocycles. The van der Waals surface area contributed by atoms with Crippen molar-refractivity contribution in [2.75, 3.05) is 10.6 Å². The SMILES string of the molecule is Cc1cc(I)ccc1NC(=O)C[C@@H]1Sc2ccccc2NC1=O. The van der Waals surface area contributed by atoms with Gasteiger partial charge in [0.1, 0.15) is 0 Å². The minimum Gasteiger partial charge on any atom is -0.326 e. The molecule has 1 aliphatic heterocycles. The van der Waals surface area contributed by atoms with E-state index in [4.69, 9.17) is 0 Å². The maximum Gasteiger partial charge on any atom is 0.238 e. The summed E-state index contributed by atoms with van der Waals surface area (Å²) in [5, 5.41) is 5.34. The molecule has 3 rings (SSSR count). The van der Waals surface area contributed by atoms with Gasteiger partial charge in [-0.15, -0.1) is 11.8 Å². The first kappa shape index (κ1) is 16.3. The van der Waals surface area contributed by atoms with Crippen LogP contribution in [0, 0.1) is 10.5 Å². The third-order valence-electron chi connectivity index (χ3n) is 3.54. The number of nitrogens with one attached hydrogen (secondary N) is 2. The Balaban J connectivity index is 1.67. The number of amides is 2. The van der Waals surface area contributed by atoms with Gasteiger partial charge in [0.25, 0.3) is 0 Å². The number of halogens is 1. The smallest absolute Gasteiger partial charge is 0.238 e. The summed E-state index contributed by atoms with van der Waals surface area (Å²) in [5.41, 5.74) is 2.61. The molecule has 1 heterocycles. The summed E-state index contributed by atoms with van der Waals surface area (Å²) >= 11 is 3.67. The first-order chi connectivity index (χ1) is 11.0. The maximum absolute atomic E-state index is 12.3. The molecule has 0 saturated heterocycles. The molecule has 1 aliphatic rings. The number of carbonyl (C=O) groups excluding carboxylic acids is 2. The minimum absolute atomic E-state index is 0.122. The van der Waals surface area contributed by atoms with Gasteiger partial charge in [-0.05, 0) is 65.4 Å². The molecule has 0 spiro atoms. The van der Waals surface area contributed by atoms with Crippen molar-refractivity contribution in [1.29, 1.82) is 0 Å². The van der Waals surface area contributed by atoms with Crippen molar-refractivity contribution in [3.8, 4) is 0 Å². The number of thioether (sulfide) groups is 1. The van der Waals surface area contributed by atoms with Crippen LogP contribution in [-0.2, 0) is 9.59 Å². The Morgan fingerprint density at radius 2 is 2.09 bits per heavy atom. The number of aryl methyl sites for hydroxylation is 1. The number of rotatable bonds is 3. The Morgan fingerprint density at radius 3 is 2.87 bits per heavy atom. The molecule has 0 bridgehead atoms. The lowest BCUT2D eigenvalue weighted by molar-refractivity contribution is -0.120. The van der Waals surface area contributed by atoms with Crippen molar-refractivity contribution >= 4 is 57.5 Å². The summed E-state index contributed by atoms with van der Waals surface area (Å²) in [5.74, 6) is -0.274. The summed E-state index contributed by atoms with van der Waals surface area (Å²) < 4.78 is 1.12. The molecule has 6 heteroatoms. The molecule has 0 fully saturated rings. The minimum atomic E-state index is -0.408. The molecule has 2 amide bonds. The van der Waals surface area contributed by atoms with Crippen LogP contribution in [0.15, 0.2) is 47.4 Å². The fourth-order valence-electron chi connectivity index (χ4n) is 2.36. The summed E-state index contributed by atoms with van der Waals surface area (Å²) in [6, 6.07) is 13.5. The third kappa shape index (κ3) is 3.87. The van der Waals surface area contributed by atoms with E-state index in [-0.39, 0.29) is 18.2 Å². The zero-order valence-corrected chi connectivity index (χ0v) is 15.4. The van der Waals surface area contributed by atoms with Gasteiger partial charge in [0.15, 0.2) is 0 Å². The summed E-state index contributed by atoms with van der Waals surface area (Å²) in [4.78, 5) is 25.4.